The van der Waals surface area contributed by atoms with Gasteiger partial charge in [0.25, 0.3) is 0 Å². The summed E-state index contributed by atoms with van der Waals surface area (Å²) in [5.74, 6) is -0.128. The molecule has 1 fully saturated rings. The largest absolute Gasteiger partial charge is 0.378 e. The number of hydrogen-bond acceptors (Lipinski definition) is 3. The maximum Gasteiger partial charge on any atom is 0.146 e. The molecule has 0 N–H and O–H groups in total. The van der Waals surface area contributed by atoms with E-state index in [2.05, 4.69) is 51.1 Å². The van der Waals surface area contributed by atoms with E-state index in [4.69, 9.17) is 0 Å². The molecule has 0 unspecified atom stereocenters. The molecule has 0 aromatic heterocycles. The molecule has 132 valence electrons. The minimum absolute atomic E-state index is 0.128. The number of rotatable bonds is 5. The summed E-state index contributed by atoms with van der Waals surface area (Å²) < 4.78 is 13.9. The molecule has 3 rings (SSSR count). The van der Waals surface area contributed by atoms with Crippen molar-refractivity contribution in [2.45, 2.75) is 0 Å². The van der Waals surface area contributed by atoms with Gasteiger partial charge in [0.2, 0.25) is 0 Å². The van der Waals surface area contributed by atoms with Crippen LogP contribution in [0.15, 0.2) is 54.6 Å². The Morgan fingerprint density at radius 1 is 0.960 bits per heavy atom. The Balaban J connectivity index is 1.48. The second-order valence-electron chi connectivity index (χ2n) is 6.63. The van der Waals surface area contributed by atoms with Crippen molar-refractivity contribution in [1.82, 2.24) is 4.90 Å². The zero-order valence-electron chi connectivity index (χ0n) is 15.0. The van der Waals surface area contributed by atoms with Crippen LogP contribution < -0.4 is 9.80 Å². The SMILES string of the molecule is CN(C)c1ccc(C=CCN2CCN(c3ccccc3F)CC2)cc1. The summed E-state index contributed by atoms with van der Waals surface area (Å²) in [5.41, 5.74) is 3.15. The number of halogens is 1. The molecule has 1 saturated heterocycles. The van der Waals surface area contributed by atoms with Crippen LogP contribution in [0.25, 0.3) is 6.08 Å². The average molecular weight is 339 g/mol. The third kappa shape index (κ3) is 4.60. The predicted octanol–water partition coefficient (Wildman–Crippen LogP) is 3.73. The highest BCUT2D eigenvalue weighted by Crippen LogP contribution is 2.20. The summed E-state index contributed by atoms with van der Waals surface area (Å²) in [5, 5.41) is 0. The van der Waals surface area contributed by atoms with E-state index >= 15 is 0 Å². The fourth-order valence-corrected chi connectivity index (χ4v) is 3.10. The molecule has 0 bridgehead atoms. The van der Waals surface area contributed by atoms with E-state index in [1.807, 2.05) is 26.2 Å². The van der Waals surface area contributed by atoms with E-state index in [1.54, 1.807) is 6.07 Å². The Morgan fingerprint density at radius 3 is 2.28 bits per heavy atom. The molecule has 0 radical (unpaired) electrons. The van der Waals surface area contributed by atoms with Gasteiger partial charge in [-0.1, -0.05) is 36.4 Å². The van der Waals surface area contributed by atoms with Crippen LogP contribution in [0.2, 0.25) is 0 Å². The molecule has 4 heteroatoms. The third-order valence-electron chi connectivity index (χ3n) is 4.65. The van der Waals surface area contributed by atoms with Gasteiger partial charge in [-0.25, -0.2) is 4.39 Å². The summed E-state index contributed by atoms with van der Waals surface area (Å²) in [7, 11) is 4.09. The summed E-state index contributed by atoms with van der Waals surface area (Å²) in [6, 6.07) is 15.6. The lowest BCUT2D eigenvalue weighted by molar-refractivity contribution is 0.283. The van der Waals surface area contributed by atoms with E-state index in [-0.39, 0.29) is 5.82 Å². The van der Waals surface area contributed by atoms with E-state index in [0.717, 1.165) is 38.4 Å². The molecular weight excluding hydrogens is 313 g/mol. The second-order valence-corrected chi connectivity index (χ2v) is 6.63. The van der Waals surface area contributed by atoms with Crippen molar-refractivity contribution in [2.24, 2.45) is 0 Å². The smallest absolute Gasteiger partial charge is 0.146 e. The Morgan fingerprint density at radius 2 is 1.64 bits per heavy atom. The first-order valence-corrected chi connectivity index (χ1v) is 8.79. The minimum Gasteiger partial charge on any atom is -0.378 e. The maximum absolute atomic E-state index is 13.9. The van der Waals surface area contributed by atoms with Crippen LogP contribution in [0.3, 0.4) is 0 Å². The minimum atomic E-state index is -0.128. The van der Waals surface area contributed by atoms with Crippen LogP contribution >= 0.6 is 0 Å². The molecule has 2 aromatic rings. The van der Waals surface area contributed by atoms with Gasteiger partial charge in [-0.05, 0) is 29.8 Å². The number of benzene rings is 2. The lowest BCUT2D eigenvalue weighted by Crippen LogP contribution is -2.46. The Labute approximate surface area is 150 Å². The van der Waals surface area contributed by atoms with Gasteiger partial charge in [0, 0.05) is 52.5 Å². The molecule has 3 nitrogen and oxygen atoms in total. The topological polar surface area (TPSA) is 9.72 Å². The highest BCUT2D eigenvalue weighted by Gasteiger charge is 2.18. The van der Waals surface area contributed by atoms with Crippen molar-refractivity contribution in [3.8, 4) is 0 Å². The quantitative estimate of drug-likeness (QED) is 0.822. The standard InChI is InChI=1S/C21H26FN3/c1-23(2)19-11-9-18(10-12-19)6-5-13-24-14-16-25(17-15-24)21-8-4-3-7-20(21)22/h3-12H,13-17H2,1-2H3. The third-order valence-corrected chi connectivity index (χ3v) is 4.65. The van der Waals surface area contributed by atoms with E-state index < -0.39 is 0 Å². The van der Waals surface area contributed by atoms with E-state index in [1.165, 1.54) is 17.3 Å². The highest BCUT2D eigenvalue weighted by molar-refractivity contribution is 5.55. The van der Waals surface area contributed by atoms with Gasteiger partial charge < -0.3 is 9.80 Å². The van der Waals surface area contributed by atoms with Gasteiger partial charge in [0.15, 0.2) is 0 Å². The van der Waals surface area contributed by atoms with Crippen LogP contribution in [0.1, 0.15) is 5.56 Å². The second kappa shape index (κ2) is 8.17. The normalized spacial score (nSPS) is 15.7. The molecule has 0 amide bonds. The Hall–Kier alpha value is -2.33. The number of nitrogens with zero attached hydrogens (tertiary/aromatic N) is 3. The molecule has 0 saturated carbocycles. The van der Waals surface area contributed by atoms with E-state index in [9.17, 15) is 4.39 Å². The van der Waals surface area contributed by atoms with E-state index in [0.29, 0.717) is 0 Å². The number of anilines is 2. The van der Waals surface area contributed by atoms with Gasteiger partial charge in [-0.3, -0.25) is 4.90 Å². The van der Waals surface area contributed by atoms with Gasteiger partial charge in [0.05, 0.1) is 5.69 Å². The summed E-state index contributed by atoms with van der Waals surface area (Å²) >= 11 is 0. The van der Waals surface area contributed by atoms with Gasteiger partial charge >= 0.3 is 0 Å². The first-order chi connectivity index (χ1) is 12.1. The van der Waals surface area contributed by atoms with Gasteiger partial charge in [-0.15, -0.1) is 0 Å². The summed E-state index contributed by atoms with van der Waals surface area (Å²) in [6.07, 6.45) is 4.38. The fraction of sp³-hybridized carbons (Fsp3) is 0.333. The molecular formula is C21H26FN3. The number of piperazine rings is 1. The molecule has 0 spiro atoms. The Kier molecular flexibility index (Phi) is 5.71. The maximum atomic E-state index is 13.9. The average Bonchev–Trinajstić information content (AvgIpc) is 2.63. The molecule has 0 atom stereocenters. The fourth-order valence-electron chi connectivity index (χ4n) is 3.10. The van der Waals surface area contributed by atoms with Crippen LogP contribution in [-0.4, -0.2) is 51.7 Å². The lowest BCUT2D eigenvalue weighted by Gasteiger charge is -2.35. The van der Waals surface area contributed by atoms with Crippen LogP contribution in [0.5, 0.6) is 0 Å². The monoisotopic (exact) mass is 339 g/mol. The molecule has 1 aliphatic rings. The molecule has 0 aliphatic carbocycles. The van der Waals surface area contributed by atoms with Crippen molar-refractivity contribution in [2.75, 3.05) is 56.6 Å². The summed E-state index contributed by atoms with van der Waals surface area (Å²) in [4.78, 5) is 6.64. The molecule has 1 aliphatic heterocycles. The van der Waals surface area contributed by atoms with Crippen molar-refractivity contribution in [3.63, 3.8) is 0 Å². The van der Waals surface area contributed by atoms with Crippen molar-refractivity contribution < 1.29 is 4.39 Å². The molecule has 1 heterocycles. The van der Waals surface area contributed by atoms with Crippen LogP contribution in [0, 0.1) is 5.82 Å². The van der Waals surface area contributed by atoms with Crippen LogP contribution in [-0.2, 0) is 0 Å². The number of hydrogen-bond donors (Lipinski definition) is 0. The molecule has 2 aromatic carbocycles. The van der Waals surface area contributed by atoms with Crippen molar-refractivity contribution >= 4 is 17.5 Å². The van der Waals surface area contributed by atoms with Gasteiger partial charge in [-0.2, -0.15) is 0 Å². The lowest BCUT2D eigenvalue weighted by atomic mass is 10.2. The highest BCUT2D eigenvalue weighted by atomic mass is 19.1. The predicted molar refractivity (Wildman–Crippen MR) is 105 cm³/mol. The van der Waals surface area contributed by atoms with Crippen molar-refractivity contribution in [3.05, 3.63) is 66.0 Å². The zero-order chi connectivity index (χ0) is 17.6. The summed E-state index contributed by atoms with van der Waals surface area (Å²) in [6.45, 7) is 4.58. The Bertz CT molecular complexity index is 701. The zero-order valence-corrected chi connectivity index (χ0v) is 15.0. The first kappa shape index (κ1) is 17.5. The first-order valence-electron chi connectivity index (χ1n) is 8.79. The molecule has 25 heavy (non-hydrogen) atoms. The number of para-hydroxylation sites is 1. The van der Waals surface area contributed by atoms with Gasteiger partial charge in [0.1, 0.15) is 5.82 Å². The van der Waals surface area contributed by atoms with Crippen LogP contribution in [0.4, 0.5) is 15.8 Å². The van der Waals surface area contributed by atoms with Crippen molar-refractivity contribution in [1.29, 1.82) is 0 Å².